The van der Waals surface area contributed by atoms with Crippen LogP contribution >= 0.6 is 11.8 Å². The minimum Gasteiger partial charge on any atom is -0.344 e. The van der Waals surface area contributed by atoms with E-state index in [9.17, 15) is 8.42 Å². The van der Waals surface area contributed by atoms with Crippen molar-refractivity contribution in [1.29, 1.82) is 0 Å². The van der Waals surface area contributed by atoms with Crippen molar-refractivity contribution in [1.82, 2.24) is 0 Å². The Morgan fingerprint density at radius 2 is 2.13 bits per heavy atom. The van der Waals surface area contributed by atoms with Crippen LogP contribution in [0.1, 0.15) is 6.92 Å². The normalized spacial score (nSPS) is 20.4. The monoisotopic (exact) mass is 245 g/mol. The number of hydrogen-bond donors (Lipinski definition) is 1. The third kappa shape index (κ3) is 1.84. The Hall–Kier alpha value is -0.720. The molecule has 1 unspecified atom stereocenters. The minimum absolute atomic E-state index is 0.550. The zero-order valence-corrected chi connectivity index (χ0v) is 9.75. The summed E-state index contributed by atoms with van der Waals surface area (Å²) in [5.74, 6) is 0. The van der Waals surface area contributed by atoms with Crippen molar-refractivity contribution < 1.29 is 13.0 Å². The Balaban J connectivity index is 2.46. The quantitative estimate of drug-likeness (QED) is 0.805. The van der Waals surface area contributed by atoms with E-state index < -0.39 is 14.8 Å². The second kappa shape index (κ2) is 3.70. The summed E-state index contributed by atoms with van der Waals surface area (Å²) in [6, 6.07) is 7.42. The Labute approximate surface area is 93.0 Å². The smallest absolute Gasteiger partial charge is 0.296 e. The number of rotatable bonds is 2. The van der Waals surface area contributed by atoms with Crippen molar-refractivity contribution in [2.45, 2.75) is 16.5 Å². The molecule has 2 rings (SSSR count). The first-order chi connectivity index (χ1) is 7.04. The van der Waals surface area contributed by atoms with Gasteiger partial charge in [-0.15, -0.1) is 0 Å². The van der Waals surface area contributed by atoms with Gasteiger partial charge in [-0.05, 0) is 19.1 Å². The summed E-state index contributed by atoms with van der Waals surface area (Å²) in [7, 11) is -4.04. The second-order valence-corrected chi connectivity index (χ2v) is 6.09. The molecule has 0 radical (unpaired) electrons. The SMILES string of the molecule is CCN1c2ccccc2SC1S(=O)(=O)O. The predicted molar refractivity (Wildman–Crippen MR) is 60.7 cm³/mol. The molecule has 1 aliphatic heterocycles. The molecule has 0 amide bonds. The highest BCUT2D eigenvalue weighted by atomic mass is 32.3. The fourth-order valence-corrected chi connectivity index (χ4v) is 4.07. The van der Waals surface area contributed by atoms with Crippen LogP contribution in [0, 0.1) is 0 Å². The van der Waals surface area contributed by atoms with Crippen molar-refractivity contribution in [3.05, 3.63) is 24.3 Å². The van der Waals surface area contributed by atoms with Crippen LogP contribution < -0.4 is 4.90 Å². The molecule has 1 atom stereocenters. The van der Waals surface area contributed by atoms with Crippen molar-refractivity contribution in [2.75, 3.05) is 11.4 Å². The molecule has 1 aromatic rings. The molecular weight excluding hydrogens is 234 g/mol. The van der Waals surface area contributed by atoms with Gasteiger partial charge in [-0.3, -0.25) is 4.55 Å². The van der Waals surface area contributed by atoms with Gasteiger partial charge in [-0.2, -0.15) is 8.42 Å². The first-order valence-electron chi connectivity index (χ1n) is 4.52. The van der Waals surface area contributed by atoms with E-state index >= 15 is 0 Å². The number of anilines is 1. The molecule has 4 nitrogen and oxygen atoms in total. The Morgan fingerprint density at radius 3 is 2.73 bits per heavy atom. The second-order valence-electron chi connectivity index (χ2n) is 3.19. The van der Waals surface area contributed by atoms with Crippen LogP contribution in [0.4, 0.5) is 5.69 Å². The molecule has 0 aromatic heterocycles. The summed E-state index contributed by atoms with van der Waals surface area (Å²) in [6.07, 6.45) is 0. The highest BCUT2D eigenvalue weighted by Crippen LogP contribution is 2.44. The molecule has 6 heteroatoms. The highest BCUT2D eigenvalue weighted by Gasteiger charge is 2.37. The van der Waals surface area contributed by atoms with E-state index in [1.165, 1.54) is 0 Å². The molecule has 15 heavy (non-hydrogen) atoms. The van der Waals surface area contributed by atoms with E-state index in [0.717, 1.165) is 22.3 Å². The van der Waals surface area contributed by atoms with E-state index in [2.05, 4.69) is 0 Å². The van der Waals surface area contributed by atoms with Gasteiger partial charge >= 0.3 is 0 Å². The standard InChI is InChI=1S/C9H11NO3S2/c1-2-10-7-5-3-4-6-8(7)14-9(10)15(11,12)13/h3-6,9H,2H2,1H3,(H,11,12,13). The molecule has 0 saturated carbocycles. The fraction of sp³-hybridized carbons (Fsp3) is 0.333. The number of para-hydroxylation sites is 1. The largest absolute Gasteiger partial charge is 0.344 e. The number of nitrogens with zero attached hydrogens (tertiary/aromatic N) is 1. The lowest BCUT2D eigenvalue weighted by Crippen LogP contribution is -2.35. The molecular formula is C9H11NO3S2. The molecule has 0 bridgehead atoms. The minimum atomic E-state index is -4.04. The van der Waals surface area contributed by atoms with Crippen LogP contribution in [0.2, 0.25) is 0 Å². The predicted octanol–water partition coefficient (Wildman–Crippen LogP) is 1.79. The van der Waals surface area contributed by atoms with Crippen molar-refractivity contribution in [3.63, 3.8) is 0 Å². The molecule has 1 aromatic carbocycles. The van der Waals surface area contributed by atoms with Crippen LogP contribution in [-0.4, -0.2) is 24.2 Å². The van der Waals surface area contributed by atoms with Gasteiger partial charge in [0.15, 0.2) is 0 Å². The van der Waals surface area contributed by atoms with Gasteiger partial charge in [-0.1, -0.05) is 23.9 Å². The Bertz CT molecular complexity index is 472. The first kappa shape index (κ1) is 10.8. The van der Waals surface area contributed by atoms with Gasteiger partial charge in [0.25, 0.3) is 10.1 Å². The first-order valence-corrected chi connectivity index (χ1v) is 6.91. The molecule has 1 heterocycles. The lowest BCUT2D eigenvalue weighted by atomic mass is 10.3. The fourth-order valence-electron chi connectivity index (χ4n) is 1.62. The van der Waals surface area contributed by atoms with Gasteiger partial charge in [0.2, 0.25) is 4.71 Å². The van der Waals surface area contributed by atoms with Gasteiger partial charge < -0.3 is 4.90 Å². The third-order valence-electron chi connectivity index (χ3n) is 2.25. The molecule has 82 valence electrons. The van der Waals surface area contributed by atoms with E-state index in [1.807, 2.05) is 31.2 Å². The topological polar surface area (TPSA) is 57.6 Å². The molecule has 1 aliphatic rings. The highest BCUT2D eigenvalue weighted by molar-refractivity contribution is 8.12. The Kier molecular flexibility index (Phi) is 2.66. The zero-order chi connectivity index (χ0) is 11.1. The number of fused-ring (bicyclic) bond motifs is 1. The van der Waals surface area contributed by atoms with Crippen LogP contribution in [0.5, 0.6) is 0 Å². The van der Waals surface area contributed by atoms with Crippen LogP contribution in [-0.2, 0) is 10.1 Å². The Morgan fingerprint density at radius 1 is 1.47 bits per heavy atom. The van der Waals surface area contributed by atoms with E-state index in [4.69, 9.17) is 4.55 Å². The zero-order valence-electron chi connectivity index (χ0n) is 8.12. The summed E-state index contributed by atoms with van der Waals surface area (Å²) < 4.78 is 30.5. The van der Waals surface area contributed by atoms with Gasteiger partial charge in [0.05, 0.1) is 5.69 Å². The maximum absolute atomic E-state index is 11.2. The average molecular weight is 245 g/mol. The number of benzene rings is 1. The van der Waals surface area contributed by atoms with Gasteiger partial charge in [0, 0.05) is 11.4 Å². The van der Waals surface area contributed by atoms with Crippen LogP contribution in [0.15, 0.2) is 29.2 Å². The summed E-state index contributed by atoms with van der Waals surface area (Å²) in [6.45, 7) is 2.41. The van der Waals surface area contributed by atoms with Gasteiger partial charge in [-0.25, -0.2) is 0 Å². The number of hydrogen-bond acceptors (Lipinski definition) is 4. The molecule has 0 fully saturated rings. The van der Waals surface area contributed by atoms with Gasteiger partial charge in [0.1, 0.15) is 0 Å². The maximum Gasteiger partial charge on any atom is 0.296 e. The van der Waals surface area contributed by atoms with Crippen LogP contribution in [0.25, 0.3) is 0 Å². The molecule has 0 saturated heterocycles. The van der Waals surface area contributed by atoms with E-state index in [1.54, 1.807) is 4.90 Å². The average Bonchev–Trinajstić information content (AvgIpc) is 2.55. The van der Waals surface area contributed by atoms with Crippen LogP contribution in [0.3, 0.4) is 0 Å². The van der Waals surface area contributed by atoms with E-state index in [-0.39, 0.29) is 0 Å². The molecule has 1 N–H and O–H groups in total. The van der Waals surface area contributed by atoms with E-state index in [0.29, 0.717) is 6.54 Å². The molecule has 0 spiro atoms. The molecule has 0 aliphatic carbocycles. The summed E-state index contributed by atoms with van der Waals surface area (Å²) in [5.41, 5.74) is 0.868. The third-order valence-corrected chi connectivity index (χ3v) is 5.09. The van der Waals surface area contributed by atoms with Crippen molar-refractivity contribution >= 4 is 27.6 Å². The lowest BCUT2D eigenvalue weighted by Gasteiger charge is -2.22. The maximum atomic E-state index is 11.2. The summed E-state index contributed by atoms with van der Waals surface area (Å²) in [4.78, 5) is 2.57. The lowest BCUT2D eigenvalue weighted by molar-refractivity contribution is 0.478. The summed E-state index contributed by atoms with van der Waals surface area (Å²) >= 11 is 1.16. The summed E-state index contributed by atoms with van der Waals surface area (Å²) in [5, 5.41) is 0. The van der Waals surface area contributed by atoms with Crippen molar-refractivity contribution in [2.24, 2.45) is 0 Å². The van der Waals surface area contributed by atoms with Crippen molar-refractivity contribution in [3.8, 4) is 0 Å². The number of thioether (sulfide) groups is 1.